The predicted octanol–water partition coefficient (Wildman–Crippen LogP) is -0.560. The van der Waals surface area contributed by atoms with Crippen LogP contribution in [0.1, 0.15) is 33.4 Å². The summed E-state index contributed by atoms with van der Waals surface area (Å²) in [7, 11) is 0. The molecule has 3 aliphatic heterocycles. The molecule has 12 nitrogen and oxygen atoms in total. The van der Waals surface area contributed by atoms with Crippen molar-refractivity contribution in [3.05, 3.63) is 57.6 Å². The molecule has 2 aromatic carbocycles. The van der Waals surface area contributed by atoms with Crippen LogP contribution in [0, 0.1) is 13.8 Å². The molecule has 4 atom stereocenters. The molecule has 3 heterocycles. The third-order valence-corrected chi connectivity index (χ3v) is 10.4. The Bertz CT molecular complexity index is 1120. The number of hydrogen-bond donors (Lipinski definition) is 8. The molecular formula is C38H66N10O2Pb2. The van der Waals surface area contributed by atoms with Crippen LogP contribution in [-0.2, 0) is 26.2 Å². The molecule has 0 spiro atoms. The van der Waals surface area contributed by atoms with Gasteiger partial charge in [-0.15, -0.1) is 0 Å². The summed E-state index contributed by atoms with van der Waals surface area (Å²) in [6.45, 7) is 26.6. The molecule has 288 valence electrons. The van der Waals surface area contributed by atoms with Crippen molar-refractivity contribution in [1.82, 2.24) is 51.5 Å². The van der Waals surface area contributed by atoms with Crippen LogP contribution in [0.4, 0.5) is 0 Å². The summed E-state index contributed by atoms with van der Waals surface area (Å²) < 4.78 is 0. The van der Waals surface area contributed by atoms with Crippen LogP contribution in [0.25, 0.3) is 0 Å². The van der Waals surface area contributed by atoms with Gasteiger partial charge in [0.2, 0.25) is 0 Å². The van der Waals surface area contributed by atoms with Crippen molar-refractivity contribution in [3.63, 3.8) is 0 Å². The number of fused-ring (bicyclic) bond motifs is 10. The molecule has 8 radical (unpaired) electrons. The Morgan fingerprint density at radius 2 is 0.577 bits per heavy atom. The van der Waals surface area contributed by atoms with Crippen molar-refractivity contribution in [2.75, 3.05) is 131 Å². The van der Waals surface area contributed by atoms with Crippen molar-refractivity contribution in [2.45, 2.75) is 40.0 Å². The number of phenols is 2. The zero-order valence-corrected chi connectivity index (χ0v) is 39.7. The second kappa shape index (κ2) is 25.6. The second-order valence-corrected chi connectivity index (χ2v) is 14.4. The number of rotatable bonds is 0. The van der Waals surface area contributed by atoms with Gasteiger partial charge in [0, 0.05) is 234 Å². The Balaban J connectivity index is 0.00000364. The summed E-state index contributed by atoms with van der Waals surface area (Å²) in [6, 6.07) is 8.45. The first-order valence-corrected chi connectivity index (χ1v) is 19.2. The van der Waals surface area contributed by atoms with E-state index < -0.39 is 0 Å². The summed E-state index contributed by atoms with van der Waals surface area (Å²) in [5.74, 6) is 0.834. The predicted molar refractivity (Wildman–Crippen MR) is 216 cm³/mol. The topological polar surface area (TPSA) is 126 Å². The van der Waals surface area contributed by atoms with E-state index >= 15 is 0 Å². The third kappa shape index (κ3) is 15.9. The van der Waals surface area contributed by atoms with Gasteiger partial charge in [0.15, 0.2) is 0 Å². The standard InChI is InChI=1S/C38H66N10O2.2Pb/c1-31-23-33-27-41-7-15-45-11-3-39-5-13-47(21-19-45)17-9-43-29-35-25-32(2)26-36(38(35)50)30-44-10-18-48-14-6-40-4-12-46(20-22-48)16-8-42-28-34(24-31)37(33)49;;/h23-26,39-44,49-50H,3-22,27-30H2,1-2H3;;. The van der Waals surface area contributed by atoms with Gasteiger partial charge in [0.05, 0.1) is 0 Å². The molecule has 2 fully saturated rings. The first kappa shape index (κ1) is 45.9. The molecule has 14 heteroatoms. The quantitative estimate of drug-likeness (QED) is 0.162. The summed E-state index contributed by atoms with van der Waals surface area (Å²) >= 11 is 0. The normalized spacial score (nSPS) is 25.7. The molecule has 4 unspecified atom stereocenters. The fraction of sp³-hybridized carbons (Fsp3) is 0.684. The van der Waals surface area contributed by atoms with Crippen molar-refractivity contribution in [1.29, 1.82) is 0 Å². The van der Waals surface area contributed by atoms with E-state index in [0.29, 0.717) is 37.7 Å². The van der Waals surface area contributed by atoms with Crippen LogP contribution in [0.2, 0.25) is 0 Å². The van der Waals surface area contributed by atoms with Crippen molar-refractivity contribution < 1.29 is 10.2 Å². The van der Waals surface area contributed by atoms with E-state index in [1.807, 2.05) is 0 Å². The molecule has 2 saturated heterocycles. The third-order valence-electron chi connectivity index (χ3n) is 10.4. The molecule has 0 amide bonds. The van der Waals surface area contributed by atoms with Gasteiger partial charge in [-0.1, -0.05) is 35.4 Å². The van der Waals surface area contributed by atoms with Gasteiger partial charge >= 0.3 is 0 Å². The van der Waals surface area contributed by atoms with E-state index in [1.165, 1.54) is 11.1 Å². The van der Waals surface area contributed by atoms with Crippen LogP contribution in [-0.4, -0.2) is 215 Å². The molecule has 5 rings (SSSR count). The van der Waals surface area contributed by atoms with Crippen LogP contribution >= 0.6 is 0 Å². The summed E-state index contributed by atoms with van der Waals surface area (Å²) in [5.41, 5.74) is 6.26. The van der Waals surface area contributed by atoms with Gasteiger partial charge < -0.3 is 42.1 Å². The van der Waals surface area contributed by atoms with E-state index in [0.717, 1.165) is 153 Å². The Morgan fingerprint density at radius 3 is 0.808 bits per heavy atom. The smallest absolute Gasteiger partial charge is 0.124 e. The fourth-order valence-corrected chi connectivity index (χ4v) is 7.35. The second-order valence-electron chi connectivity index (χ2n) is 14.4. The van der Waals surface area contributed by atoms with Gasteiger partial charge in [-0.3, -0.25) is 19.6 Å². The first-order valence-electron chi connectivity index (χ1n) is 19.2. The summed E-state index contributed by atoms with van der Waals surface area (Å²) in [6.07, 6.45) is 0. The minimum Gasteiger partial charge on any atom is -0.507 e. The van der Waals surface area contributed by atoms with E-state index in [2.05, 4.69) is 89.6 Å². The van der Waals surface area contributed by atoms with Gasteiger partial charge in [-0.05, 0) is 13.8 Å². The number of benzene rings is 2. The zero-order valence-electron chi connectivity index (χ0n) is 32.0. The van der Waals surface area contributed by atoms with Gasteiger partial charge in [0.1, 0.15) is 11.5 Å². The van der Waals surface area contributed by atoms with Gasteiger partial charge in [-0.25, -0.2) is 0 Å². The maximum absolute atomic E-state index is 11.2. The van der Waals surface area contributed by atoms with E-state index in [9.17, 15) is 10.2 Å². The van der Waals surface area contributed by atoms with E-state index in [-0.39, 0.29) is 54.6 Å². The Labute approximate surface area is 353 Å². The zero-order chi connectivity index (χ0) is 35.0. The van der Waals surface area contributed by atoms with Crippen LogP contribution in [0.3, 0.4) is 0 Å². The van der Waals surface area contributed by atoms with Crippen LogP contribution in [0.5, 0.6) is 11.5 Å². The number of hydrogen-bond acceptors (Lipinski definition) is 12. The molecule has 3 aliphatic rings. The molecule has 8 N–H and O–H groups in total. The average molecular weight is 1110 g/mol. The van der Waals surface area contributed by atoms with Crippen molar-refractivity contribution in [3.8, 4) is 11.5 Å². The molecule has 0 saturated carbocycles. The van der Waals surface area contributed by atoms with Crippen molar-refractivity contribution >= 4 is 54.6 Å². The summed E-state index contributed by atoms with van der Waals surface area (Å²) in [4.78, 5) is 10.2. The molecule has 52 heavy (non-hydrogen) atoms. The van der Waals surface area contributed by atoms with Gasteiger partial charge in [-0.2, -0.15) is 0 Å². The summed E-state index contributed by atoms with van der Waals surface area (Å²) in [5, 5.41) is 44.0. The Kier molecular flexibility index (Phi) is 22.6. The van der Waals surface area contributed by atoms with Gasteiger partial charge in [0.25, 0.3) is 0 Å². The molecule has 0 aromatic heterocycles. The van der Waals surface area contributed by atoms with Crippen LogP contribution < -0.4 is 31.9 Å². The molecule has 0 aliphatic carbocycles. The minimum atomic E-state index is 0. The largest absolute Gasteiger partial charge is 0.507 e. The number of nitrogens with zero attached hydrogens (tertiary/aromatic N) is 4. The SMILES string of the molecule is Cc1cc2c(O)c(c1)CNCCN1CCNCCN(CCNCc3cc(C)cc(c3O)CNCCN3CCNCCN(CCNC2)CC3)CC1.[Pb].[Pb]. The number of aryl methyl sites for hydroxylation is 2. The molecule has 2 aromatic rings. The van der Waals surface area contributed by atoms with Crippen molar-refractivity contribution in [2.24, 2.45) is 0 Å². The first-order chi connectivity index (χ1) is 24.4. The Hall–Kier alpha value is -0.516. The molecule has 8 bridgehead atoms. The molecular weight excluding hydrogens is 1040 g/mol. The monoisotopic (exact) mass is 1110 g/mol. The number of nitrogens with one attached hydrogen (secondary N) is 6. The average Bonchev–Trinajstić information content (AvgIpc) is 3.29. The number of aromatic hydroxyl groups is 2. The van der Waals surface area contributed by atoms with E-state index in [4.69, 9.17) is 0 Å². The fourth-order valence-electron chi connectivity index (χ4n) is 7.35. The van der Waals surface area contributed by atoms with E-state index in [1.54, 1.807) is 0 Å². The van der Waals surface area contributed by atoms with Crippen LogP contribution in [0.15, 0.2) is 24.3 Å². The minimum absolute atomic E-state index is 0. The number of phenolic OH excluding ortho intramolecular Hbond substituents is 2. The maximum atomic E-state index is 11.2. The Morgan fingerprint density at radius 1 is 0.365 bits per heavy atom. The maximum Gasteiger partial charge on any atom is 0.124 e.